The number of hydrogen-bond donors (Lipinski definition) is 1. The maximum Gasteiger partial charge on any atom is 0.283 e. The van der Waals surface area contributed by atoms with Crippen molar-refractivity contribution in [2.24, 2.45) is 5.10 Å². The van der Waals surface area contributed by atoms with Crippen molar-refractivity contribution in [3.05, 3.63) is 34.2 Å². The first-order chi connectivity index (χ1) is 10.1. The molecule has 1 aliphatic rings. The molecule has 6 heteroatoms. The van der Waals surface area contributed by atoms with Crippen LogP contribution in [-0.2, 0) is 4.79 Å². The van der Waals surface area contributed by atoms with Gasteiger partial charge in [-0.15, -0.1) is 11.3 Å². The van der Waals surface area contributed by atoms with Gasteiger partial charge in [-0.05, 0) is 18.9 Å². The van der Waals surface area contributed by atoms with Crippen LogP contribution in [0.5, 0.6) is 0 Å². The van der Waals surface area contributed by atoms with E-state index in [1.54, 1.807) is 0 Å². The summed E-state index contributed by atoms with van der Waals surface area (Å²) < 4.78 is 0.966. The zero-order chi connectivity index (χ0) is 14.8. The van der Waals surface area contributed by atoms with Gasteiger partial charge in [0.05, 0.1) is 5.02 Å². The van der Waals surface area contributed by atoms with Crippen LogP contribution >= 0.6 is 22.9 Å². The van der Waals surface area contributed by atoms with Gasteiger partial charge in [-0.2, -0.15) is 5.10 Å². The van der Waals surface area contributed by atoms with E-state index in [0.717, 1.165) is 28.6 Å². The standard InChI is InChI=1S/C15H13ClN2O2S/c16-13-11-6-1-2-7-12(11)21-14(13)15(20)18-17-9-4-3-5-10(19)8-9/h1-2,6-7H,3-5,8H2,(H,18,20)/b17-9+. The Morgan fingerprint density at radius 2 is 2.10 bits per heavy atom. The van der Waals surface area contributed by atoms with Crippen molar-refractivity contribution < 1.29 is 9.59 Å². The maximum atomic E-state index is 12.2. The molecule has 1 N–H and O–H groups in total. The van der Waals surface area contributed by atoms with Crippen LogP contribution < -0.4 is 5.43 Å². The number of carbonyl (C=O) groups excluding carboxylic acids is 2. The SMILES string of the molecule is O=C1CCC/C(=N\NC(=O)c2sc3ccccc3c2Cl)C1. The molecule has 4 nitrogen and oxygen atoms in total. The fourth-order valence-corrected chi connectivity index (χ4v) is 3.74. The highest BCUT2D eigenvalue weighted by molar-refractivity contribution is 7.21. The summed E-state index contributed by atoms with van der Waals surface area (Å²) in [5, 5.41) is 5.39. The van der Waals surface area contributed by atoms with Gasteiger partial charge in [0.2, 0.25) is 0 Å². The van der Waals surface area contributed by atoms with Gasteiger partial charge >= 0.3 is 0 Å². The number of amides is 1. The molecule has 108 valence electrons. The molecule has 0 saturated heterocycles. The third kappa shape index (κ3) is 2.99. The second-order valence-electron chi connectivity index (χ2n) is 4.93. The third-order valence-corrected chi connectivity index (χ3v) is 5.05. The lowest BCUT2D eigenvalue weighted by Gasteiger charge is -2.11. The lowest BCUT2D eigenvalue weighted by atomic mass is 9.97. The Morgan fingerprint density at radius 1 is 1.29 bits per heavy atom. The van der Waals surface area contributed by atoms with Gasteiger partial charge in [0.15, 0.2) is 0 Å². The molecule has 2 aromatic rings. The molecule has 0 bridgehead atoms. The predicted molar refractivity (Wildman–Crippen MR) is 85.2 cm³/mol. The molecular formula is C15H13ClN2O2S. The molecule has 1 aromatic carbocycles. The van der Waals surface area contributed by atoms with Crippen LogP contribution in [0.4, 0.5) is 0 Å². The Hall–Kier alpha value is -1.72. The highest BCUT2D eigenvalue weighted by Crippen LogP contribution is 2.34. The van der Waals surface area contributed by atoms with E-state index in [4.69, 9.17) is 11.6 Å². The zero-order valence-electron chi connectivity index (χ0n) is 11.2. The molecule has 1 heterocycles. The van der Waals surface area contributed by atoms with Gasteiger partial charge in [-0.3, -0.25) is 9.59 Å². The zero-order valence-corrected chi connectivity index (χ0v) is 12.8. The van der Waals surface area contributed by atoms with E-state index in [0.29, 0.717) is 22.7 Å². The molecule has 3 rings (SSSR count). The van der Waals surface area contributed by atoms with Crippen molar-refractivity contribution in [1.29, 1.82) is 0 Å². The maximum absolute atomic E-state index is 12.2. The minimum absolute atomic E-state index is 0.175. The smallest absolute Gasteiger partial charge is 0.283 e. The number of benzene rings is 1. The Morgan fingerprint density at radius 3 is 2.86 bits per heavy atom. The molecular weight excluding hydrogens is 308 g/mol. The summed E-state index contributed by atoms with van der Waals surface area (Å²) in [6.45, 7) is 0. The summed E-state index contributed by atoms with van der Waals surface area (Å²) >= 11 is 7.58. The number of hydrazone groups is 1. The summed E-state index contributed by atoms with van der Waals surface area (Å²) in [5.41, 5.74) is 3.25. The van der Waals surface area contributed by atoms with Crippen LogP contribution in [0.2, 0.25) is 5.02 Å². The van der Waals surface area contributed by atoms with E-state index in [-0.39, 0.29) is 11.7 Å². The number of carbonyl (C=O) groups is 2. The van der Waals surface area contributed by atoms with Crippen LogP contribution in [0.15, 0.2) is 29.4 Å². The van der Waals surface area contributed by atoms with E-state index < -0.39 is 0 Å². The van der Waals surface area contributed by atoms with Crippen LogP contribution in [0.3, 0.4) is 0 Å². The van der Waals surface area contributed by atoms with E-state index in [1.165, 1.54) is 11.3 Å². The fourth-order valence-electron chi connectivity index (χ4n) is 2.33. The van der Waals surface area contributed by atoms with Crippen molar-refractivity contribution in [1.82, 2.24) is 5.43 Å². The molecule has 0 atom stereocenters. The van der Waals surface area contributed by atoms with E-state index in [9.17, 15) is 9.59 Å². The topological polar surface area (TPSA) is 58.5 Å². The largest absolute Gasteiger partial charge is 0.299 e. The lowest BCUT2D eigenvalue weighted by molar-refractivity contribution is -0.118. The predicted octanol–water partition coefficient (Wildman–Crippen LogP) is 3.78. The third-order valence-electron chi connectivity index (χ3n) is 3.38. The van der Waals surface area contributed by atoms with Gasteiger partial charge < -0.3 is 0 Å². The minimum atomic E-state index is -0.327. The monoisotopic (exact) mass is 320 g/mol. The average molecular weight is 321 g/mol. The van der Waals surface area contributed by atoms with Crippen molar-refractivity contribution in [2.45, 2.75) is 25.7 Å². The van der Waals surface area contributed by atoms with Gasteiger partial charge in [-0.1, -0.05) is 29.8 Å². The Bertz CT molecular complexity index is 751. The first-order valence-corrected chi connectivity index (χ1v) is 7.89. The molecule has 1 saturated carbocycles. The molecule has 0 radical (unpaired) electrons. The first kappa shape index (κ1) is 14.2. The van der Waals surface area contributed by atoms with Crippen LogP contribution in [-0.4, -0.2) is 17.4 Å². The number of nitrogens with zero attached hydrogens (tertiary/aromatic N) is 1. The number of fused-ring (bicyclic) bond motifs is 1. The Labute approximate surface area is 130 Å². The number of ketones is 1. The van der Waals surface area contributed by atoms with Gasteiger partial charge in [0.25, 0.3) is 5.91 Å². The summed E-state index contributed by atoms with van der Waals surface area (Å²) in [7, 11) is 0. The highest BCUT2D eigenvalue weighted by Gasteiger charge is 2.18. The summed E-state index contributed by atoms with van der Waals surface area (Å²) in [4.78, 5) is 24.0. The van der Waals surface area contributed by atoms with Gasteiger partial charge in [-0.25, -0.2) is 5.43 Å². The quantitative estimate of drug-likeness (QED) is 0.856. The molecule has 1 fully saturated rings. The van der Waals surface area contributed by atoms with Crippen molar-refractivity contribution in [2.75, 3.05) is 0 Å². The second-order valence-corrected chi connectivity index (χ2v) is 6.36. The number of hydrogen-bond acceptors (Lipinski definition) is 4. The molecule has 1 aliphatic carbocycles. The van der Waals surface area contributed by atoms with Crippen molar-refractivity contribution >= 4 is 50.4 Å². The van der Waals surface area contributed by atoms with Gasteiger partial charge in [0, 0.05) is 28.6 Å². The normalized spacial score (nSPS) is 17.4. The Kier molecular flexibility index (Phi) is 4.03. The summed E-state index contributed by atoms with van der Waals surface area (Å²) in [6, 6.07) is 7.60. The van der Waals surface area contributed by atoms with Gasteiger partial charge in [0.1, 0.15) is 10.7 Å². The lowest BCUT2D eigenvalue weighted by Crippen LogP contribution is -2.22. The average Bonchev–Trinajstić information content (AvgIpc) is 2.83. The van der Waals surface area contributed by atoms with E-state index in [2.05, 4.69) is 10.5 Å². The van der Waals surface area contributed by atoms with Crippen molar-refractivity contribution in [3.8, 4) is 0 Å². The van der Waals surface area contributed by atoms with E-state index >= 15 is 0 Å². The summed E-state index contributed by atoms with van der Waals surface area (Å²) in [5.74, 6) is -0.152. The molecule has 0 aliphatic heterocycles. The summed E-state index contributed by atoms with van der Waals surface area (Å²) in [6.07, 6.45) is 2.50. The highest BCUT2D eigenvalue weighted by atomic mass is 35.5. The first-order valence-electron chi connectivity index (χ1n) is 6.69. The molecule has 0 unspecified atom stereocenters. The van der Waals surface area contributed by atoms with Crippen LogP contribution in [0.25, 0.3) is 10.1 Å². The Balaban J connectivity index is 1.79. The van der Waals surface area contributed by atoms with Crippen LogP contribution in [0, 0.1) is 0 Å². The molecule has 1 aromatic heterocycles. The van der Waals surface area contributed by atoms with E-state index in [1.807, 2.05) is 24.3 Å². The second kappa shape index (κ2) is 5.95. The molecule has 21 heavy (non-hydrogen) atoms. The fraction of sp³-hybridized carbons (Fsp3) is 0.267. The van der Waals surface area contributed by atoms with Crippen LogP contribution in [0.1, 0.15) is 35.4 Å². The number of rotatable bonds is 2. The number of halogens is 1. The minimum Gasteiger partial charge on any atom is -0.299 e. The number of nitrogens with one attached hydrogen (secondary N) is 1. The molecule has 1 amide bonds. The number of thiophene rings is 1. The molecule has 0 spiro atoms. The number of Topliss-reactive ketones (excluding diaryl/α,β-unsaturated/α-hetero) is 1. The van der Waals surface area contributed by atoms with Crippen molar-refractivity contribution in [3.63, 3.8) is 0 Å².